The highest BCUT2D eigenvalue weighted by atomic mass is 19.1. The Kier molecular flexibility index (Phi) is 11.2. The number of hydrogen-bond acceptors (Lipinski definition) is 5. The van der Waals surface area contributed by atoms with E-state index in [4.69, 9.17) is 20.3 Å². The fraction of sp³-hybridized carbons (Fsp3) is 0.692. The monoisotopic (exact) mass is 508 g/mol. The number of piperidine rings is 1. The second kappa shape index (κ2) is 14.3. The molecule has 2 aliphatic rings. The molecule has 0 spiro atoms. The average Bonchev–Trinajstić information content (AvgIpc) is 3.13. The molecule has 5 N–H and O–H groups in total. The maximum absolute atomic E-state index is 14.1. The summed E-state index contributed by atoms with van der Waals surface area (Å²) < 4.78 is 25.8. The quantitative estimate of drug-likeness (QED) is 0.359. The molecule has 3 amide bonds. The molecule has 2 fully saturated rings. The summed E-state index contributed by atoms with van der Waals surface area (Å²) >= 11 is 0. The summed E-state index contributed by atoms with van der Waals surface area (Å²) in [4.78, 5) is 25.5. The molecule has 3 rings (SSSR count). The summed E-state index contributed by atoms with van der Waals surface area (Å²) in [6, 6.07) is 4.31. The molecule has 4 unspecified atom stereocenters. The van der Waals surface area contributed by atoms with Gasteiger partial charge in [0.25, 0.3) is 0 Å². The topological polar surface area (TPSA) is 126 Å². The number of nitrogens with two attached hydrogens (primary N) is 1. The molecule has 0 aromatic heterocycles. The largest absolute Gasteiger partial charge is 0.465 e. The van der Waals surface area contributed by atoms with Crippen molar-refractivity contribution in [2.24, 2.45) is 17.6 Å². The fourth-order valence-corrected chi connectivity index (χ4v) is 5.18. The van der Waals surface area contributed by atoms with Gasteiger partial charge in [0.2, 0.25) is 0 Å². The van der Waals surface area contributed by atoms with Crippen molar-refractivity contribution in [2.75, 3.05) is 46.0 Å². The van der Waals surface area contributed by atoms with Crippen LogP contribution in [0.15, 0.2) is 18.2 Å². The van der Waals surface area contributed by atoms with E-state index in [1.165, 1.54) is 12.1 Å². The third-order valence-electron chi connectivity index (χ3n) is 7.05. The van der Waals surface area contributed by atoms with Crippen molar-refractivity contribution in [3.8, 4) is 0 Å². The molecule has 4 atom stereocenters. The number of carbonyl (C=O) groups is 2. The van der Waals surface area contributed by atoms with E-state index < -0.39 is 12.2 Å². The van der Waals surface area contributed by atoms with Crippen LogP contribution in [-0.2, 0) is 9.47 Å². The van der Waals surface area contributed by atoms with Crippen LogP contribution in [0.4, 0.5) is 14.0 Å². The van der Waals surface area contributed by atoms with E-state index in [2.05, 4.69) is 10.6 Å². The van der Waals surface area contributed by atoms with E-state index in [9.17, 15) is 14.0 Å². The Bertz CT molecular complexity index is 850. The molecule has 202 valence electrons. The first-order valence-electron chi connectivity index (χ1n) is 13.0. The second-order valence-electron chi connectivity index (χ2n) is 9.99. The minimum Gasteiger partial charge on any atom is -0.465 e. The third kappa shape index (κ3) is 8.90. The van der Waals surface area contributed by atoms with Gasteiger partial charge in [0.05, 0.1) is 12.7 Å². The van der Waals surface area contributed by atoms with Crippen LogP contribution in [0.2, 0.25) is 0 Å². The number of ether oxygens (including phenoxy) is 2. The highest BCUT2D eigenvalue weighted by Crippen LogP contribution is 2.35. The highest BCUT2D eigenvalue weighted by Gasteiger charge is 2.32. The van der Waals surface area contributed by atoms with E-state index in [0.717, 1.165) is 62.9 Å². The van der Waals surface area contributed by atoms with Crippen LogP contribution in [0, 0.1) is 24.6 Å². The number of hydrogen-bond donors (Lipinski definition) is 4. The van der Waals surface area contributed by atoms with Crippen molar-refractivity contribution in [1.29, 1.82) is 0 Å². The van der Waals surface area contributed by atoms with Crippen LogP contribution >= 0.6 is 0 Å². The molecule has 9 nitrogen and oxygen atoms in total. The van der Waals surface area contributed by atoms with Crippen molar-refractivity contribution < 1.29 is 28.6 Å². The Balaban J connectivity index is 1.57. The van der Waals surface area contributed by atoms with Gasteiger partial charge >= 0.3 is 12.1 Å². The van der Waals surface area contributed by atoms with Crippen LogP contribution in [0.25, 0.3) is 0 Å². The van der Waals surface area contributed by atoms with Gasteiger partial charge in [0, 0.05) is 51.4 Å². The number of aryl methyl sites for hydroxylation is 1. The lowest BCUT2D eigenvalue weighted by Gasteiger charge is -2.37. The number of likely N-dealkylation sites (tertiary alicyclic amines) is 1. The number of rotatable bonds is 10. The third-order valence-corrected chi connectivity index (χ3v) is 7.05. The minimum atomic E-state index is -1.12. The Morgan fingerprint density at radius 2 is 2.11 bits per heavy atom. The number of halogens is 1. The standard InChI is InChI=1S/C26H41FN4O5/c1-18-7-8-21(27)14-23(18)24(36-12-9-29-26(33)34)20-6-4-10-31(16-20)25(32)30-15-22(28)13-19-5-2-3-11-35-17-19/h7-8,14,19-20,22,24,29H,2-6,9-13,15-17,28H2,1H3,(H,30,32)(H,33,34). The van der Waals surface area contributed by atoms with Gasteiger partial charge in [0.1, 0.15) is 5.82 Å². The molecule has 0 bridgehead atoms. The van der Waals surface area contributed by atoms with E-state index in [1.807, 2.05) is 6.92 Å². The lowest BCUT2D eigenvalue weighted by molar-refractivity contribution is -0.00885. The van der Waals surface area contributed by atoms with Gasteiger partial charge in [-0.3, -0.25) is 0 Å². The van der Waals surface area contributed by atoms with Gasteiger partial charge in [-0.2, -0.15) is 0 Å². The minimum absolute atomic E-state index is 0.0494. The van der Waals surface area contributed by atoms with Gasteiger partial charge in [-0.25, -0.2) is 14.0 Å². The Morgan fingerprint density at radius 1 is 1.28 bits per heavy atom. The van der Waals surface area contributed by atoms with Crippen LogP contribution in [-0.4, -0.2) is 74.2 Å². The molecule has 2 aliphatic heterocycles. The Morgan fingerprint density at radius 3 is 2.92 bits per heavy atom. The summed E-state index contributed by atoms with van der Waals surface area (Å²) in [5.74, 6) is 0.0276. The molecule has 10 heteroatoms. The number of carboxylic acid groups (broad SMARTS) is 1. The summed E-state index contributed by atoms with van der Waals surface area (Å²) in [5, 5.41) is 14.1. The number of amides is 3. The molecule has 0 aliphatic carbocycles. The second-order valence-corrected chi connectivity index (χ2v) is 9.99. The Labute approximate surface area is 212 Å². The van der Waals surface area contributed by atoms with E-state index in [0.29, 0.717) is 25.6 Å². The molecule has 0 radical (unpaired) electrons. The molecule has 1 aromatic rings. The summed E-state index contributed by atoms with van der Waals surface area (Å²) in [5.41, 5.74) is 7.93. The van der Waals surface area contributed by atoms with E-state index in [-0.39, 0.29) is 37.0 Å². The maximum atomic E-state index is 14.1. The van der Waals surface area contributed by atoms with Crippen LogP contribution < -0.4 is 16.4 Å². The molecule has 2 heterocycles. The van der Waals surface area contributed by atoms with E-state index in [1.54, 1.807) is 11.0 Å². The number of nitrogens with one attached hydrogen (secondary N) is 2. The predicted molar refractivity (Wildman–Crippen MR) is 134 cm³/mol. The number of benzene rings is 1. The van der Waals surface area contributed by atoms with Crippen molar-refractivity contribution >= 4 is 12.1 Å². The zero-order valence-electron chi connectivity index (χ0n) is 21.2. The number of urea groups is 1. The van der Waals surface area contributed by atoms with Crippen LogP contribution in [0.3, 0.4) is 0 Å². The van der Waals surface area contributed by atoms with Crippen molar-refractivity contribution in [1.82, 2.24) is 15.5 Å². The average molecular weight is 509 g/mol. The van der Waals surface area contributed by atoms with Crippen molar-refractivity contribution in [3.05, 3.63) is 35.1 Å². The number of nitrogens with zero attached hydrogens (tertiary/aromatic N) is 1. The molecule has 1 aromatic carbocycles. The smallest absolute Gasteiger partial charge is 0.404 e. The van der Waals surface area contributed by atoms with E-state index >= 15 is 0 Å². The summed E-state index contributed by atoms with van der Waals surface area (Å²) in [6.07, 6.45) is 4.21. The lowest BCUT2D eigenvalue weighted by atomic mass is 9.86. The lowest BCUT2D eigenvalue weighted by Crippen LogP contribution is -2.49. The van der Waals surface area contributed by atoms with Gasteiger partial charge in [0.15, 0.2) is 0 Å². The first kappa shape index (κ1) is 28.1. The zero-order valence-corrected chi connectivity index (χ0v) is 21.2. The molecule has 36 heavy (non-hydrogen) atoms. The first-order valence-corrected chi connectivity index (χ1v) is 13.0. The fourth-order valence-electron chi connectivity index (χ4n) is 5.18. The van der Waals surface area contributed by atoms with Crippen LogP contribution in [0.1, 0.15) is 55.8 Å². The first-order chi connectivity index (χ1) is 17.3. The predicted octanol–water partition coefficient (Wildman–Crippen LogP) is 3.42. The molecule has 2 saturated heterocycles. The SMILES string of the molecule is Cc1ccc(F)cc1C(OCCNC(=O)O)C1CCCN(C(=O)NCC(N)CC2CCCCOC2)C1. The summed E-state index contributed by atoms with van der Waals surface area (Å²) in [7, 11) is 0. The van der Waals surface area contributed by atoms with Gasteiger partial charge in [-0.15, -0.1) is 0 Å². The Hall–Kier alpha value is -2.43. The molecular weight excluding hydrogens is 467 g/mol. The van der Waals surface area contributed by atoms with Crippen molar-refractivity contribution in [2.45, 2.75) is 57.6 Å². The summed E-state index contributed by atoms with van der Waals surface area (Å²) in [6.45, 7) is 5.21. The molecular formula is C26H41FN4O5. The van der Waals surface area contributed by atoms with Crippen molar-refractivity contribution in [3.63, 3.8) is 0 Å². The number of carbonyl (C=O) groups excluding carboxylic acids is 1. The van der Waals surface area contributed by atoms with Gasteiger partial charge in [-0.1, -0.05) is 12.5 Å². The molecule has 0 saturated carbocycles. The normalized spacial score (nSPS) is 22.4. The maximum Gasteiger partial charge on any atom is 0.404 e. The van der Waals surface area contributed by atoms with Gasteiger partial charge < -0.3 is 35.8 Å². The highest BCUT2D eigenvalue weighted by molar-refractivity contribution is 5.74. The zero-order chi connectivity index (χ0) is 25.9. The van der Waals surface area contributed by atoms with Gasteiger partial charge in [-0.05, 0) is 68.2 Å². The van der Waals surface area contributed by atoms with Crippen LogP contribution in [0.5, 0.6) is 0 Å².